The molecule has 1 aliphatic rings. The van der Waals surface area contributed by atoms with Crippen LogP contribution in [-0.2, 0) is 19.1 Å². The first-order chi connectivity index (χ1) is 17.2. The lowest BCUT2D eigenvalue weighted by Gasteiger charge is -2.14. The van der Waals surface area contributed by atoms with Crippen LogP contribution in [0, 0.1) is 12.8 Å². The van der Waals surface area contributed by atoms with Gasteiger partial charge in [0.1, 0.15) is 0 Å². The topological polar surface area (TPSA) is 117 Å². The summed E-state index contributed by atoms with van der Waals surface area (Å²) >= 11 is 0. The molecular weight excluding hydrogens is 460 g/mol. The maximum Gasteiger partial charge on any atom is 0.414 e. The molecule has 1 saturated heterocycles. The van der Waals surface area contributed by atoms with E-state index in [1.54, 1.807) is 6.08 Å². The van der Waals surface area contributed by atoms with Gasteiger partial charge < -0.3 is 14.9 Å². The van der Waals surface area contributed by atoms with Crippen molar-refractivity contribution in [2.45, 2.75) is 33.6 Å². The summed E-state index contributed by atoms with van der Waals surface area (Å²) in [4.78, 5) is 37.4. The van der Waals surface area contributed by atoms with Crippen LogP contribution >= 0.6 is 0 Å². The van der Waals surface area contributed by atoms with Crippen LogP contribution in [0.15, 0.2) is 54.6 Å². The highest BCUT2D eigenvalue weighted by Gasteiger charge is 2.12. The Morgan fingerprint density at radius 3 is 2.25 bits per heavy atom. The number of carbonyl (C=O) groups excluding carboxylic acids is 1. The quantitative estimate of drug-likeness (QED) is 0.317. The lowest BCUT2D eigenvalue weighted by atomic mass is 10.00. The monoisotopic (exact) mass is 494 g/mol. The number of carbonyl (C=O) groups is 3. The van der Waals surface area contributed by atoms with Gasteiger partial charge in [-0.25, -0.2) is 19.4 Å². The van der Waals surface area contributed by atoms with Gasteiger partial charge in [-0.05, 0) is 62.5 Å². The molecule has 3 rings (SSSR count). The predicted octanol–water partition coefficient (Wildman–Crippen LogP) is 4.29. The molecule has 0 bridgehead atoms. The molecule has 1 aliphatic heterocycles. The van der Waals surface area contributed by atoms with E-state index in [1.807, 2.05) is 32.0 Å². The number of nitrogens with zero attached hydrogens (tertiary/aromatic N) is 2. The standard InChI is InChI=1S/C26H32N2O2.C2H2O4/c1-20(2)19-30-26(29)14-13-23-7-6-8-25(27-23)24(15-18-28-16-4-5-17-28)22-11-9-21(3)10-12-22;3-1(4)2(5)6/h6-15,20H,4-5,16-19H2,1-3H3;(H,3,4)(H,5,6)/b14-13+,24-15-;. The number of esters is 1. The molecule has 2 heterocycles. The van der Waals surface area contributed by atoms with Gasteiger partial charge in [0.15, 0.2) is 0 Å². The molecule has 0 spiro atoms. The highest BCUT2D eigenvalue weighted by molar-refractivity contribution is 6.27. The maximum absolute atomic E-state index is 11.9. The number of hydrogen-bond acceptors (Lipinski definition) is 6. The second-order valence-electron chi connectivity index (χ2n) is 8.91. The Bertz CT molecular complexity index is 1070. The third kappa shape index (κ3) is 10.2. The van der Waals surface area contributed by atoms with E-state index in [9.17, 15) is 4.79 Å². The Morgan fingerprint density at radius 1 is 1.03 bits per heavy atom. The average molecular weight is 495 g/mol. The van der Waals surface area contributed by atoms with E-state index < -0.39 is 11.9 Å². The van der Waals surface area contributed by atoms with Crippen LogP contribution in [0.1, 0.15) is 49.2 Å². The van der Waals surface area contributed by atoms with Gasteiger partial charge in [0, 0.05) is 18.2 Å². The molecule has 1 aromatic carbocycles. The molecule has 2 N–H and O–H groups in total. The fourth-order valence-electron chi connectivity index (χ4n) is 3.43. The smallest absolute Gasteiger partial charge is 0.414 e. The largest absolute Gasteiger partial charge is 0.473 e. The second-order valence-corrected chi connectivity index (χ2v) is 8.91. The molecule has 0 atom stereocenters. The Morgan fingerprint density at radius 2 is 1.67 bits per heavy atom. The number of aromatic nitrogens is 1. The van der Waals surface area contributed by atoms with E-state index >= 15 is 0 Å². The molecule has 0 aliphatic carbocycles. The number of benzene rings is 1. The number of hydrogen-bond donors (Lipinski definition) is 2. The third-order valence-electron chi connectivity index (χ3n) is 5.29. The van der Waals surface area contributed by atoms with E-state index in [1.165, 1.54) is 24.5 Å². The maximum atomic E-state index is 11.9. The van der Waals surface area contributed by atoms with E-state index in [4.69, 9.17) is 29.5 Å². The van der Waals surface area contributed by atoms with Crippen molar-refractivity contribution in [2.24, 2.45) is 5.92 Å². The summed E-state index contributed by atoms with van der Waals surface area (Å²) in [5, 5.41) is 14.8. The zero-order valence-corrected chi connectivity index (χ0v) is 21.0. The number of ether oxygens (including phenoxy) is 1. The second kappa shape index (κ2) is 14.6. The summed E-state index contributed by atoms with van der Waals surface area (Å²) < 4.78 is 5.21. The highest BCUT2D eigenvalue weighted by Crippen LogP contribution is 2.23. The number of pyridine rings is 1. The molecule has 0 radical (unpaired) electrons. The molecule has 8 nitrogen and oxygen atoms in total. The molecule has 36 heavy (non-hydrogen) atoms. The van der Waals surface area contributed by atoms with Crippen molar-refractivity contribution < 1.29 is 29.3 Å². The Hall–Kier alpha value is -3.78. The van der Waals surface area contributed by atoms with Crippen LogP contribution in [-0.4, -0.2) is 64.2 Å². The van der Waals surface area contributed by atoms with Gasteiger partial charge in [-0.1, -0.05) is 55.8 Å². The number of carboxylic acid groups (broad SMARTS) is 2. The number of aryl methyl sites for hydroxylation is 1. The van der Waals surface area contributed by atoms with Gasteiger partial charge in [-0.3, -0.25) is 4.90 Å². The van der Waals surface area contributed by atoms with Crippen molar-refractivity contribution >= 4 is 29.6 Å². The van der Waals surface area contributed by atoms with Crippen LogP contribution in [0.3, 0.4) is 0 Å². The van der Waals surface area contributed by atoms with Crippen molar-refractivity contribution in [3.05, 3.63) is 77.1 Å². The number of carboxylic acids is 2. The molecule has 192 valence electrons. The first kappa shape index (κ1) is 28.5. The minimum absolute atomic E-state index is 0.321. The lowest BCUT2D eigenvalue weighted by molar-refractivity contribution is -0.159. The van der Waals surface area contributed by atoms with E-state index in [0.29, 0.717) is 12.5 Å². The van der Waals surface area contributed by atoms with E-state index in [0.717, 1.165) is 42.2 Å². The Kier molecular flexibility index (Phi) is 11.5. The zero-order chi connectivity index (χ0) is 26.5. The van der Waals surface area contributed by atoms with Crippen LogP contribution in [0.2, 0.25) is 0 Å². The third-order valence-corrected chi connectivity index (χ3v) is 5.29. The molecule has 0 unspecified atom stereocenters. The van der Waals surface area contributed by atoms with Gasteiger partial charge in [0.05, 0.1) is 18.0 Å². The number of likely N-dealkylation sites (tertiary alicyclic amines) is 1. The minimum atomic E-state index is -1.82. The van der Waals surface area contributed by atoms with Gasteiger partial charge in [0.2, 0.25) is 0 Å². The number of aliphatic carboxylic acids is 2. The van der Waals surface area contributed by atoms with Gasteiger partial charge in [-0.15, -0.1) is 0 Å². The first-order valence-corrected chi connectivity index (χ1v) is 11.9. The Balaban J connectivity index is 0.000000678. The summed E-state index contributed by atoms with van der Waals surface area (Å²) in [5.41, 5.74) is 5.18. The molecule has 8 heteroatoms. The normalized spacial score (nSPS) is 13.9. The van der Waals surface area contributed by atoms with Crippen molar-refractivity contribution in [3.8, 4) is 0 Å². The SMILES string of the molecule is Cc1ccc(/C(=C/CN2CCCC2)c2cccc(/C=C/C(=O)OCC(C)C)n2)cc1.O=C(O)C(=O)O. The van der Waals surface area contributed by atoms with Crippen molar-refractivity contribution in [1.29, 1.82) is 0 Å². The van der Waals surface area contributed by atoms with Gasteiger partial charge >= 0.3 is 17.9 Å². The van der Waals surface area contributed by atoms with Crippen LogP contribution in [0.25, 0.3) is 11.6 Å². The molecular formula is C28H34N2O6. The summed E-state index contributed by atoms with van der Waals surface area (Å²) in [5.74, 6) is -3.66. The van der Waals surface area contributed by atoms with E-state index in [2.05, 4.69) is 42.2 Å². The van der Waals surface area contributed by atoms with Crippen LogP contribution in [0.4, 0.5) is 0 Å². The van der Waals surface area contributed by atoms with Crippen molar-refractivity contribution in [1.82, 2.24) is 9.88 Å². The fraction of sp³-hybridized carbons (Fsp3) is 0.357. The summed E-state index contributed by atoms with van der Waals surface area (Å²) in [6, 6.07) is 14.5. The summed E-state index contributed by atoms with van der Waals surface area (Å²) in [6.07, 6.45) is 8.01. The summed E-state index contributed by atoms with van der Waals surface area (Å²) in [7, 11) is 0. The number of rotatable bonds is 8. The molecule has 1 aromatic heterocycles. The van der Waals surface area contributed by atoms with Gasteiger partial charge in [-0.2, -0.15) is 0 Å². The minimum Gasteiger partial charge on any atom is -0.473 e. The van der Waals surface area contributed by atoms with Crippen LogP contribution < -0.4 is 0 Å². The molecule has 1 fully saturated rings. The van der Waals surface area contributed by atoms with Gasteiger partial charge in [0.25, 0.3) is 0 Å². The lowest BCUT2D eigenvalue weighted by Crippen LogP contribution is -2.19. The average Bonchev–Trinajstić information content (AvgIpc) is 3.37. The Labute approximate surface area is 211 Å². The first-order valence-electron chi connectivity index (χ1n) is 11.9. The zero-order valence-electron chi connectivity index (χ0n) is 21.0. The highest BCUT2D eigenvalue weighted by atomic mass is 16.5. The van der Waals surface area contributed by atoms with E-state index in [-0.39, 0.29) is 5.97 Å². The molecule has 0 saturated carbocycles. The fourth-order valence-corrected chi connectivity index (χ4v) is 3.43. The van der Waals surface area contributed by atoms with Crippen molar-refractivity contribution in [3.63, 3.8) is 0 Å². The molecule has 2 aromatic rings. The summed E-state index contributed by atoms with van der Waals surface area (Å²) in [6.45, 7) is 9.80. The van der Waals surface area contributed by atoms with Crippen molar-refractivity contribution in [2.75, 3.05) is 26.2 Å². The predicted molar refractivity (Wildman–Crippen MR) is 138 cm³/mol. The molecule has 0 amide bonds. The van der Waals surface area contributed by atoms with Crippen LogP contribution in [0.5, 0.6) is 0 Å².